The summed E-state index contributed by atoms with van der Waals surface area (Å²) in [7, 11) is 1.62. The molecule has 0 aromatic carbocycles. The molecule has 2 N–H and O–H groups in total. The highest BCUT2D eigenvalue weighted by molar-refractivity contribution is 7.17. The van der Waals surface area contributed by atoms with Gasteiger partial charge in [0.1, 0.15) is 5.00 Å². The summed E-state index contributed by atoms with van der Waals surface area (Å²) in [6.07, 6.45) is 1.78. The summed E-state index contributed by atoms with van der Waals surface area (Å²) < 4.78 is 0. The first-order valence-corrected chi connectivity index (χ1v) is 5.76. The van der Waals surface area contributed by atoms with Crippen LogP contribution in [-0.4, -0.2) is 44.1 Å². The third kappa shape index (κ3) is 2.27. The second-order valence-electron chi connectivity index (χ2n) is 3.32. The molecule has 0 radical (unpaired) electrons. The number of carbonyl (C=O) groups excluding carboxylic acids is 1. The molecule has 5 nitrogen and oxygen atoms in total. The maximum atomic E-state index is 11.3. The van der Waals surface area contributed by atoms with Gasteiger partial charge in [0.25, 0.3) is 5.91 Å². The van der Waals surface area contributed by atoms with Crippen molar-refractivity contribution in [1.82, 2.24) is 15.6 Å². The van der Waals surface area contributed by atoms with Crippen LogP contribution >= 0.6 is 11.3 Å². The molecular weight excluding hydrogens is 212 g/mol. The summed E-state index contributed by atoms with van der Waals surface area (Å²) in [5.41, 5.74) is 0. The molecule has 0 saturated carbocycles. The zero-order valence-electron chi connectivity index (χ0n) is 8.62. The Morgan fingerprint density at radius 1 is 1.60 bits per heavy atom. The standard InChI is InChI=1S/C9H14N4OS/c1-10-8(14)9-12-6-7(15-9)13-4-2-11-3-5-13/h6,11H,2-5H2,1H3,(H,10,14). The minimum Gasteiger partial charge on any atom is -0.360 e. The van der Waals surface area contributed by atoms with Crippen LogP contribution in [0.4, 0.5) is 5.00 Å². The Balaban J connectivity index is 2.08. The summed E-state index contributed by atoms with van der Waals surface area (Å²) in [4.78, 5) is 17.7. The fourth-order valence-corrected chi connectivity index (χ4v) is 2.42. The second kappa shape index (κ2) is 4.59. The monoisotopic (exact) mass is 226 g/mol. The summed E-state index contributed by atoms with van der Waals surface area (Å²) in [5, 5.41) is 7.48. The third-order valence-corrected chi connectivity index (χ3v) is 3.40. The SMILES string of the molecule is CNC(=O)c1ncc(N2CCNCC2)s1. The number of nitrogens with zero attached hydrogens (tertiary/aromatic N) is 2. The average molecular weight is 226 g/mol. The van der Waals surface area contributed by atoms with Crippen LogP contribution in [-0.2, 0) is 0 Å². The Labute approximate surface area is 92.5 Å². The minimum atomic E-state index is -0.110. The number of rotatable bonds is 2. The first-order valence-electron chi connectivity index (χ1n) is 4.95. The first kappa shape index (κ1) is 10.4. The number of amides is 1. The largest absolute Gasteiger partial charge is 0.360 e. The molecule has 15 heavy (non-hydrogen) atoms. The van der Waals surface area contributed by atoms with Crippen LogP contribution in [0.3, 0.4) is 0 Å². The lowest BCUT2D eigenvalue weighted by molar-refractivity contribution is 0.0962. The molecule has 6 heteroatoms. The average Bonchev–Trinajstić information content (AvgIpc) is 2.78. The summed E-state index contributed by atoms with van der Waals surface area (Å²) >= 11 is 1.45. The maximum Gasteiger partial charge on any atom is 0.280 e. The highest BCUT2D eigenvalue weighted by Crippen LogP contribution is 2.23. The van der Waals surface area contributed by atoms with E-state index in [9.17, 15) is 4.79 Å². The lowest BCUT2D eigenvalue weighted by Crippen LogP contribution is -2.43. The van der Waals surface area contributed by atoms with E-state index < -0.39 is 0 Å². The van der Waals surface area contributed by atoms with Crippen LogP contribution in [0.2, 0.25) is 0 Å². The van der Waals surface area contributed by atoms with Gasteiger partial charge in [-0.25, -0.2) is 4.98 Å². The van der Waals surface area contributed by atoms with E-state index in [-0.39, 0.29) is 5.91 Å². The zero-order chi connectivity index (χ0) is 10.7. The molecule has 0 unspecified atom stereocenters. The van der Waals surface area contributed by atoms with E-state index in [2.05, 4.69) is 20.5 Å². The maximum absolute atomic E-state index is 11.3. The van der Waals surface area contributed by atoms with Crippen LogP contribution in [0.25, 0.3) is 0 Å². The molecule has 2 heterocycles. The first-order chi connectivity index (χ1) is 7.31. The van der Waals surface area contributed by atoms with E-state index in [4.69, 9.17) is 0 Å². The van der Waals surface area contributed by atoms with Crippen molar-refractivity contribution >= 4 is 22.2 Å². The number of aromatic nitrogens is 1. The van der Waals surface area contributed by atoms with E-state index in [1.54, 1.807) is 13.2 Å². The van der Waals surface area contributed by atoms with E-state index in [1.165, 1.54) is 11.3 Å². The van der Waals surface area contributed by atoms with E-state index >= 15 is 0 Å². The predicted octanol–water partition coefficient (Wildman–Crippen LogP) is -0.0877. The van der Waals surface area contributed by atoms with Gasteiger partial charge in [-0.1, -0.05) is 11.3 Å². The van der Waals surface area contributed by atoms with Gasteiger partial charge in [-0.05, 0) is 0 Å². The van der Waals surface area contributed by atoms with Gasteiger partial charge in [-0.15, -0.1) is 0 Å². The predicted molar refractivity (Wildman–Crippen MR) is 60.6 cm³/mol. The number of piperazine rings is 1. The van der Waals surface area contributed by atoms with Crippen molar-refractivity contribution in [2.75, 3.05) is 38.1 Å². The van der Waals surface area contributed by atoms with Crippen LogP contribution in [0.15, 0.2) is 6.20 Å². The molecule has 1 aliphatic rings. The van der Waals surface area contributed by atoms with Gasteiger partial charge in [0.2, 0.25) is 0 Å². The minimum absolute atomic E-state index is 0.110. The number of hydrogen-bond acceptors (Lipinski definition) is 5. The smallest absolute Gasteiger partial charge is 0.280 e. The second-order valence-corrected chi connectivity index (χ2v) is 4.33. The topological polar surface area (TPSA) is 57.3 Å². The van der Waals surface area contributed by atoms with E-state index in [1.807, 2.05) is 0 Å². The van der Waals surface area contributed by atoms with Gasteiger partial charge >= 0.3 is 0 Å². The quantitative estimate of drug-likeness (QED) is 0.740. The highest BCUT2D eigenvalue weighted by atomic mass is 32.1. The molecule has 1 amide bonds. The van der Waals surface area contributed by atoms with Gasteiger partial charge in [0.15, 0.2) is 5.01 Å². The van der Waals surface area contributed by atoms with Crippen molar-refractivity contribution in [1.29, 1.82) is 0 Å². The number of carbonyl (C=O) groups is 1. The van der Waals surface area contributed by atoms with Crippen molar-refractivity contribution in [3.05, 3.63) is 11.2 Å². The van der Waals surface area contributed by atoms with Crippen LogP contribution in [0.1, 0.15) is 9.80 Å². The molecular formula is C9H14N4OS. The normalized spacial score (nSPS) is 16.5. The van der Waals surface area contributed by atoms with Gasteiger partial charge in [-0.2, -0.15) is 0 Å². The lowest BCUT2D eigenvalue weighted by Gasteiger charge is -2.27. The van der Waals surface area contributed by atoms with Gasteiger partial charge in [0, 0.05) is 33.2 Å². The molecule has 1 aliphatic heterocycles. The molecule has 0 aliphatic carbocycles. The van der Waals surface area contributed by atoms with Crippen LogP contribution in [0, 0.1) is 0 Å². The number of anilines is 1. The van der Waals surface area contributed by atoms with Gasteiger partial charge < -0.3 is 15.5 Å². The summed E-state index contributed by atoms with van der Waals surface area (Å²) in [6, 6.07) is 0. The summed E-state index contributed by atoms with van der Waals surface area (Å²) in [6.45, 7) is 3.95. The number of hydrogen-bond donors (Lipinski definition) is 2. The fraction of sp³-hybridized carbons (Fsp3) is 0.556. The van der Waals surface area contributed by atoms with Crippen LogP contribution in [0.5, 0.6) is 0 Å². The van der Waals surface area contributed by atoms with Gasteiger partial charge in [-0.3, -0.25) is 4.79 Å². The molecule has 0 atom stereocenters. The molecule has 1 fully saturated rings. The van der Waals surface area contributed by atoms with E-state index in [0.29, 0.717) is 5.01 Å². The van der Waals surface area contributed by atoms with Gasteiger partial charge in [0.05, 0.1) is 6.20 Å². The van der Waals surface area contributed by atoms with Crippen molar-refractivity contribution in [3.8, 4) is 0 Å². The molecule has 1 aromatic heterocycles. The van der Waals surface area contributed by atoms with Crippen molar-refractivity contribution in [2.45, 2.75) is 0 Å². The highest BCUT2D eigenvalue weighted by Gasteiger charge is 2.15. The summed E-state index contributed by atoms with van der Waals surface area (Å²) in [5.74, 6) is -0.110. The lowest BCUT2D eigenvalue weighted by atomic mass is 10.4. The molecule has 82 valence electrons. The zero-order valence-corrected chi connectivity index (χ0v) is 9.43. The van der Waals surface area contributed by atoms with Crippen LogP contribution < -0.4 is 15.5 Å². The Bertz CT molecular complexity index is 346. The van der Waals surface area contributed by atoms with Crippen molar-refractivity contribution in [3.63, 3.8) is 0 Å². The molecule has 0 spiro atoms. The number of nitrogens with one attached hydrogen (secondary N) is 2. The Morgan fingerprint density at radius 3 is 3.00 bits per heavy atom. The Morgan fingerprint density at radius 2 is 2.33 bits per heavy atom. The van der Waals surface area contributed by atoms with Crippen molar-refractivity contribution < 1.29 is 4.79 Å². The molecule has 2 rings (SSSR count). The molecule has 0 bridgehead atoms. The van der Waals surface area contributed by atoms with Crippen molar-refractivity contribution in [2.24, 2.45) is 0 Å². The molecule has 1 saturated heterocycles. The third-order valence-electron chi connectivity index (χ3n) is 2.34. The Hall–Kier alpha value is -1.14. The van der Waals surface area contributed by atoms with E-state index in [0.717, 1.165) is 31.2 Å². The Kier molecular flexibility index (Phi) is 3.17. The fourth-order valence-electron chi connectivity index (χ4n) is 1.51. The molecule has 1 aromatic rings. The number of thiazole rings is 1.